The van der Waals surface area contributed by atoms with Gasteiger partial charge in [-0.25, -0.2) is 0 Å². The molecule has 20 heterocycles. The number of fused-ring (bicyclic) bond motifs is 12. The zero-order valence-electron chi connectivity index (χ0n) is 61.4. The van der Waals surface area contributed by atoms with Gasteiger partial charge in [0.15, 0.2) is 11.6 Å². The lowest BCUT2D eigenvalue weighted by Gasteiger charge is -2.47. The summed E-state index contributed by atoms with van der Waals surface area (Å²) in [5.74, 6) is -1.42. The fourth-order valence-electron chi connectivity index (χ4n) is 22.5. The van der Waals surface area contributed by atoms with Crippen LogP contribution in [0.1, 0.15) is 188 Å². The number of carbonyl (C=O) groups excluding carboxylic acids is 2. The molecule has 588 valence electrons. The van der Waals surface area contributed by atoms with Crippen molar-refractivity contribution in [1.82, 2.24) is 0 Å². The molecule has 37 unspecified atom stereocenters. The molecule has 24 nitrogen and oxygen atoms in total. The molecule has 105 heavy (non-hydrogen) atoms. The van der Waals surface area contributed by atoms with Gasteiger partial charge in [0.05, 0.1) is 148 Å². The van der Waals surface area contributed by atoms with Gasteiger partial charge in [0, 0.05) is 103 Å². The van der Waals surface area contributed by atoms with Crippen molar-refractivity contribution in [3.8, 4) is 0 Å². The first kappa shape index (κ1) is 76.4. The van der Waals surface area contributed by atoms with E-state index in [1.54, 1.807) is 14.2 Å². The van der Waals surface area contributed by atoms with Crippen molar-refractivity contribution in [2.45, 2.75) is 395 Å². The standard InChI is InChI=1S/2C40H58O12.CH4/c2*1-19-11-24-5-7-28-20(2)12-26(45-28)9-10-40-17-33-36(51-40)37-38(50-33)39(52-40)35-29(49-37)8-6-25(47-35)13-22(42)14-27-31(16-30(46-24)21(19)3)48-32(34(27)44-4)15-23(43)18-41;/h2*19,23-39,41,43H,2-3,5-18H2,1,4H3;1H4/t19?,23?,24?,25?,26-,27?,28?,29?,30?,31?,32?,33?,34?,35?,36?,37?,38?,39?,40?;;/m0../s1. The molecule has 0 saturated carbocycles. The molecule has 4 N–H and O–H groups in total. The number of carbonyl (C=O) groups is 2. The summed E-state index contributed by atoms with van der Waals surface area (Å²) in [6.07, 6.45) is 8.03. The highest BCUT2D eigenvalue weighted by Gasteiger charge is 2.71. The molecule has 24 bridgehead atoms. The SMILES string of the molecule is C.C=C1CC2CCC34CC5OC6C(OC7CCC(CC(=O)CC8C(CC9OC(CCC1O2)CC(C)C9=C)OC(CC(O)CO)C8OC)OC7C6O3)C5O4.C=C1C[C@@H]2CCC34CC5OC6C(OC7CCC(CC(=O)CC8C(CC9OC(CCC1O2)CC(C)C9=C)OC(CC(O)CO)C8OC)OC7C6O3)C5O4. The molecule has 2 spiro atoms. The molecule has 0 aromatic carbocycles. The first-order chi connectivity index (χ1) is 50.2. The Labute approximate surface area is 619 Å². The van der Waals surface area contributed by atoms with E-state index in [4.69, 9.17) is 85.3 Å². The van der Waals surface area contributed by atoms with Gasteiger partial charge < -0.3 is 106 Å². The Bertz CT molecular complexity index is 2950. The van der Waals surface area contributed by atoms with E-state index in [1.807, 2.05) is 0 Å². The molecular weight excluding hydrogens is 1360 g/mol. The quantitative estimate of drug-likeness (QED) is 0.170. The average molecular weight is 1480 g/mol. The minimum absolute atomic E-state index is 0. The molecule has 20 saturated heterocycles. The molecular formula is C81H120O24. The van der Waals surface area contributed by atoms with Crippen LogP contribution in [0.2, 0.25) is 0 Å². The van der Waals surface area contributed by atoms with Crippen LogP contribution in [-0.4, -0.2) is 266 Å². The normalized spacial score (nSPS) is 51.9. The topological polar surface area (TPSA) is 281 Å². The van der Waals surface area contributed by atoms with Crippen LogP contribution in [0, 0.1) is 23.7 Å². The van der Waals surface area contributed by atoms with Gasteiger partial charge in [-0.2, -0.15) is 0 Å². The van der Waals surface area contributed by atoms with Crippen molar-refractivity contribution in [2.75, 3.05) is 27.4 Å². The zero-order chi connectivity index (χ0) is 71.8. The van der Waals surface area contributed by atoms with Gasteiger partial charge in [0.1, 0.15) is 72.6 Å². The van der Waals surface area contributed by atoms with Crippen molar-refractivity contribution in [1.29, 1.82) is 0 Å². The van der Waals surface area contributed by atoms with Gasteiger partial charge in [0.2, 0.25) is 0 Å². The summed E-state index contributed by atoms with van der Waals surface area (Å²) in [6, 6.07) is 0. The smallest absolute Gasteiger partial charge is 0.172 e. The summed E-state index contributed by atoms with van der Waals surface area (Å²) in [5, 5.41) is 40.1. The fourth-order valence-corrected chi connectivity index (χ4v) is 22.5. The number of hydrogen-bond acceptors (Lipinski definition) is 24. The second kappa shape index (κ2) is 31.1. The zero-order valence-corrected chi connectivity index (χ0v) is 61.4. The second-order valence-corrected chi connectivity index (χ2v) is 34.7. The van der Waals surface area contributed by atoms with E-state index < -0.39 is 48.2 Å². The Hall–Kier alpha value is -2.58. The molecule has 38 atom stereocenters. The van der Waals surface area contributed by atoms with Gasteiger partial charge in [-0.1, -0.05) is 47.6 Å². The lowest BCUT2D eigenvalue weighted by atomic mass is 9.81. The third-order valence-electron chi connectivity index (χ3n) is 27.8. The Morgan fingerprint density at radius 2 is 0.771 bits per heavy atom. The van der Waals surface area contributed by atoms with E-state index in [0.717, 1.165) is 99.3 Å². The molecule has 0 aromatic rings. The van der Waals surface area contributed by atoms with Crippen LogP contribution in [0.15, 0.2) is 48.6 Å². The van der Waals surface area contributed by atoms with E-state index in [9.17, 15) is 30.0 Å². The predicted octanol–water partition coefficient (Wildman–Crippen LogP) is 7.58. The molecule has 0 radical (unpaired) electrons. The Morgan fingerprint density at radius 3 is 1.18 bits per heavy atom. The van der Waals surface area contributed by atoms with E-state index in [1.165, 1.54) is 0 Å². The van der Waals surface area contributed by atoms with Crippen molar-refractivity contribution < 1.29 is 115 Å². The van der Waals surface area contributed by atoms with Crippen LogP contribution >= 0.6 is 0 Å². The summed E-state index contributed by atoms with van der Waals surface area (Å²) >= 11 is 0. The summed E-state index contributed by atoms with van der Waals surface area (Å²) in [5.41, 5.74) is 4.34. The molecule has 20 aliphatic heterocycles. The summed E-state index contributed by atoms with van der Waals surface area (Å²) in [7, 11) is 3.26. The third-order valence-corrected chi connectivity index (χ3v) is 27.8. The van der Waals surface area contributed by atoms with Crippen LogP contribution in [0.4, 0.5) is 0 Å². The molecule has 24 heteroatoms. The molecule has 0 aliphatic carbocycles. The van der Waals surface area contributed by atoms with Crippen molar-refractivity contribution in [3.63, 3.8) is 0 Å². The van der Waals surface area contributed by atoms with Crippen LogP contribution in [0.5, 0.6) is 0 Å². The monoisotopic (exact) mass is 1480 g/mol. The molecule has 20 aliphatic rings. The summed E-state index contributed by atoms with van der Waals surface area (Å²) < 4.78 is 120. The highest BCUT2D eigenvalue weighted by Crippen LogP contribution is 2.57. The second-order valence-electron chi connectivity index (χ2n) is 34.7. The average Bonchev–Trinajstić information content (AvgIpc) is 1.56. The highest BCUT2D eigenvalue weighted by atomic mass is 16.8. The first-order valence-electron chi connectivity index (χ1n) is 40.2. The van der Waals surface area contributed by atoms with Crippen LogP contribution < -0.4 is 0 Å². The summed E-state index contributed by atoms with van der Waals surface area (Å²) in [4.78, 5) is 28.1. The van der Waals surface area contributed by atoms with E-state index in [0.29, 0.717) is 51.4 Å². The lowest BCUT2D eigenvalue weighted by molar-refractivity contribution is -0.292. The number of rotatable bonds is 8. The number of aliphatic hydroxyl groups is 4. The maximum atomic E-state index is 14.0. The number of ether oxygens (including phenoxy) is 18. The van der Waals surface area contributed by atoms with Crippen LogP contribution in [0.3, 0.4) is 0 Å². The molecule has 20 rings (SSSR count). The van der Waals surface area contributed by atoms with Gasteiger partial charge >= 0.3 is 0 Å². The highest BCUT2D eigenvalue weighted by molar-refractivity contribution is 5.80. The van der Waals surface area contributed by atoms with Gasteiger partial charge in [-0.05, 0) is 124 Å². The molecule has 20 fully saturated rings. The number of aliphatic hydroxyl groups excluding tert-OH is 4. The number of Topliss-reactive ketones (excluding diaryl/α,β-unsaturated/α-hetero) is 2. The number of hydrogen-bond donors (Lipinski definition) is 4. The number of ketones is 2. The fraction of sp³-hybridized carbons (Fsp3) is 0.877. The van der Waals surface area contributed by atoms with Crippen molar-refractivity contribution in [3.05, 3.63) is 48.6 Å². The lowest BCUT2D eigenvalue weighted by Crippen LogP contribution is -2.61. The van der Waals surface area contributed by atoms with E-state index in [-0.39, 0.29) is 253 Å². The first-order valence-corrected chi connectivity index (χ1v) is 40.2. The van der Waals surface area contributed by atoms with Gasteiger partial charge in [-0.3, -0.25) is 9.59 Å². The maximum absolute atomic E-state index is 14.0. The Balaban J connectivity index is 0.000000160. The van der Waals surface area contributed by atoms with Crippen LogP contribution in [-0.2, 0) is 94.9 Å². The summed E-state index contributed by atoms with van der Waals surface area (Å²) in [6.45, 7) is 21.4. The Kier molecular flexibility index (Phi) is 22.6. The van der Waals surface area contributed by atoms with Crippen molar-refractivity contribution >= 4 is 11.6 Å². The third kappa shape index (κ3) is 14.9. The van der Waals surface area contributed by atoms with Gasteiger partial charge in [0.25, 0.3) is 0 Å². The van der Waals surface area contributed by atoms with Gasteiger partial charge in [-0.15, -0.1) is 0 Å². The maximum Gasteiger partial charge on any atom is 0.172 e. The number of methoxy groups -OCH3 is 2. The molecule has 0 aromatic heterocycles. The van der Waals surface area contributed by atoms with E-state index >= 15 is 0 Å². The predicted molar refractivity (Wildman–Crippen MR) is 375 cm³/mol. The largest absolute Gasteiger partial charge is 0.394 e. The van der Waals surface area contributed by atoms with Crippen LogP contribution in [0.25, 0.3) is 0 Å². The minimum atomic E-state index is -0.951. The minimum Gasteiger partial charge on any atom is -0.394 e. The van der Waals surface area contributed by atoms with E-state index in [2.05, 4.69) is 40.2 Å². The Morgan fingerprint density at radius 1 is 0.400 bits per heavy atom. The molecule has 0 amide bonds. The van der Waals surface area contributed by atoms with Crippen molar-refractivity contribution in [2.24, 2.45) is 23.7 Å².